The van der Waals surface area contributed by atoms with E-state index in [0.29, 0.717) is 33.7 Å². The number of carbonyl (C=O) groups excluding carboxylic acids is 3. The molecule has 33 heavy (non-hydrogen) atoms. The number of amides is 2. The second-order valence-corrected chi connectivity index (χ2v) is 8.71. The van der Waals surface area contributed by atoms with Crippen molar-refractivity contribution in [2.45, 2.75) is 24.7 Å². The van der Waals surface area contributed by atoms with E-state index < -0.39 is 12.0 Å². The number of esters is 1. The first-order valence-corrected chi connectivity index (χ1v) is 11.8. The molecule has 0 fully saturated rings. The number of ether oxygens (including phenoxy) is 1. The number of aromatic nitrogens is 3. The molecule has 1 atom stereocenters. The summed E-state index contributed by atoms with van der Waals surface area (Å²) in [5.74, 6) is -0.295. The van der Waals surface area contributed by atoms with Crippen molar-refractivity contribution in [2.24, 2.45) is 0 Å². The molecule has 3 rings (SSSR count). The molecule has 2 heterocycles. The predicted molar refractivity (Wildman–Crippen MR) is 128 cm³/mol. The Balaban J connectivity index is 1.64. The minimum Gasteiger partial charge on any atom is -0.465 e. The summed E-state index contributed by atoms with van der Waals surface area (Å²) >= 11 is 2.57. The van der Waals surface area contributed by atoms with E-state index in [1.54, 1.807) is 36.4 Å². The van der Waals surface area contributed by atoms with Crippen LogP contribution in [0.15, 0.2) is 59.6 Å². The van der Waals surface area contributed by atoms with E-state index in [1.807, 2.05) is 22.9 Å². The number of carbonyl (C=O) groups is 3. The normalized spacial score (nSPS) is 11.5. The molecule has 3 aromatic rings. The van der Waals surface area contributed by atoms with Gasteiger partial charge in [-0.25, -0.2) is 4.79 Å². The van der Waals surface area contributed by atoms with E-state index in [9.17, 15) is 14.4 Å². The van der Waals surface area contributed by atoms with E-state index >= 15 is 0 Å². The van der Waals surface area contributed by atoms with Crippen LogP contribution in [0.4, 0.5) is 5.69 Å². The topological polar surface area (TPSA) is 115 Å². The van der Waals surface area contributed by atoms with Gasteiger partial charge in [0.25, 0.3) is 5.91 Å². The van der Waals surface area contributed by atoms with Crippen LogP contribution in [0, 0.1) is 0 Å². The van der Waals surface area contributed by atoms with Gasteiger partial charge in [-0.3, -0.25) is 9.59 Å². The first-order valence-electron chi connectivity index (χ1n) is 9.92. The van der Waals surface area contributed by atoms with Crippen LogP contribution in [0.25, 0.3) is 0 Å². The maximum Gasteiger partial charge on any atom is 0.337 e. The zero-order chi connectivity index (χ0) is 23.8. The Hall–Kier alpha value is -3.44. The van der Waals surface area contributed by atoms with E-state index in [2.05, 4.69) is 27.4 Å². The van der Waals surface area contributed by atoms with E-state index in [0.717, 1.165) is 0 Å². The van der Waals surface area contributed by atoms with Crippen molar-refractivity contribution < 1.29 is 19.1 Å². The van der Waals surface area contributed by atoms with Crippen molar-refractivity contribution in [1.29, 1.82) is 0 Å². The van der Waals surface area contributed by atoms with Gasteiger partial charge in [0.1, 0.15) is 0 Å². The molecule has 0 saturated carbocycles. The zero-order valence-corrected chi connectivity index (χ0v) is 19.7. The van der Waals surface area contributed by atoms with Crippen molar-refractivity contribution in [3.63, 3.8) is 0 Å². The Kier molecular flexibility index (Phi) is 8.39. The minimum atomic E-state index is -0.481. The largest absolute Gasteiger partial charge is 0.465 e. The van der Waals surface area contributed by atoms with Gasteiger partial charge in [0.05, 0.1) is 29.3 Å². The predicted octanol–water partition coefficient (Wildman–Crippen LogP) is 3.53. The molecule has 0 aliphatic carbocycles. The van der Waals surface area contributed by atoms with Crippen LogP contribution in [0.2, 0.25) is 0 Å². The van der Waals surface area contributed by atoms with Gasteiger partial charge in [-0.15, -0.1) is 28.1 Å². The van der Waals surface area contributed by atoms with E-state index in [-0.39, 0.29) is 17.6 Å². The van der Waals surface area contributed by atoms with Crippen LogP contribution in [0.3, 0.4) is 0 Å². The molecular formula is C22H23N5O4S2. The summed E-state index contributed by atoms with van der Waals surface area (Å²) in [6.45, 7) is 6.02. The number of thiophene rings is 1. The van der Waals surface area contributed by atoms with Gasteiger partial charge >= 0.3 is 5.97 Å². The van der Waals surface area contributed by atoms with E-state index in [1.165, 1.54) is 30.2 Å². The average Bonchev–Trinajstić information content (AvgIpc) is 3.48. The quantitative estimate of drug-likeness (QED) is 0.256. The lowest BCUT2D eigenvalue weighted by molar-refractivity contribution is -0.113. The first kappa shape index (κ1) is 24.2. The third-order valence-electron chi connectivity index (χ3n) is 4.44. The highest BCUT2D eigenvalue weighted by Gasteiger charge is 2.21. The first-order chi connectivity index (χ1) is 15.9. The third-order valence-corrected chi connectivity index (χ3v) is 6.27. The fourth-order valence-corrected chi connectivity index (χ4v) is 4.32. The van der Waals surface area contributed by atoms with Gasteiger partial charge < -0.3 is 19.9 Å². The maximum absolute atomic E-state index is 12.4. The standard InChI is InChI=1S/C22H23N5O4S2/c1-4-10-27-19(14(2)23-20(29)17-9-6-11-32-17)25-26-22(27)33-13-18(28)24-16-8-5-7-15(12-16)21(30)31-3/h4-9,11-12,14H,1,10,13H2,2-3H3,(H,23,29)(H,24,28)/t14-/m1/s1. The fraction of sp³-hybridized carbons (Fsp3) is 0.227. The number of methoxy groups -OCH3 is 1. The molecule has 0 saturated heterocycles. The summed E-state index contributed by atoms with van der Waals surface area (Å²) < 4.78 is 6.50. The lowest BCUT2D eigenvalue weighted by Gasteiger charge is -2.14. The molecule has 2 amide bonds. The highest BCUT2D eigenvalue weighted by molar-refractivity contribution is 7.99. The van der Waals surface area contributed by atoms with Crippen LogP contribution in [0.1, 0.15) is 38.8 Å². The number of anilines is 1. The fourth-order valence-electron chi connectivity index (χ4n) is 2.94. The number of benzene rings is 1. The molecule has 0 spiro atoms. The van der Waals surface area contributed by atoms with Crippen LogP contribution in [-0.4, -0.2) is 45.4 Å². The molecule has 2 aromatic heterocycles. The monoisotopic (exact) mass is 485 g/mol. The number of nitrogens with zero attached hydrogens (tertiary/aromatic N) is 3. The van der Waals surface area contributed by atoms with Crippen molar-refractivity contribution in [1.82, 2.24) is 20.1 Å². The molecule has 0 aliphatic heterocycles. The molecule has 0 bridgehead atoms. The van der Waals surface area contributed by atoms with Gasteiger partial charge in [0.2, 0.25) is 5.91 Å². The lowest BCUT2D eigenvalue weighted by atomic mass is 10.2. The molecule has 0 aliphatic rings. The number of hydrogen-bond acceptors (Lipinski definition) is 8. The minimum absolute atomic E-state index is 0.0770. The Labute approximate surface area is 199 Å². The van der Waals surface area contributed by atoms with E-state index in [4.69, 9.17) is 4.74 Å². The summed E-state index contributed by atoms with van der Waals surface area (Å²) in [5.41, 5.74) is 0.832. The smallest absolute Gasteiger partial charge is 0.337 e. The lowest BCUT2D eigenvalue weighted by Crippen LogP contribution is -2.28. The van der Waals surface area contributed by atoms with Crippen molar-refractivity contribution in [3.8, 4) is 0 Å². The van der Waals surface area contributed by atoms with Crippen LogP contribution < -0.4 is 10.6 Å². The number of thioether (sulfide) groups is 1. The molecule has 11 heteroatoms. The summed E-state index contributed by atoms with van der Waals surface area (Å²) in [6, 6.07) is 9.67. The highest BCUT2D eigenvalue weighted by Crippen LogP contribution is 2.22. The van der Waals surface area contributed by atoms with Crippen LogP contribution >= 0.6 is 23.1 Å². The second-order valence-electron chi connectivity index (χ2n) is 6.82. The van der Waals surface area contributed by atoms with Crippen molar-refractivity contribution >= 4 is 46.6 Å². The number of rotatable bonds is 10. The van der Waals surface area contributed by atoms with Gasteiger partial charge in [0, 0.05) is 12.2 Å². The Morgan fingerprint density at radius 3 is 2.79 bits per heavy atom. The summed E-state index contributed by atoms with van der Waals surface area (Å²) in [7, 11) is 1.30. The maximum atomic E-state index is 12.4. The number of allylic oxidation sites excluding steroid dienone is 1. The van der Waals surface area contributed by atoms with Gasteiger partial charge in [-0.1, -0.05) is 30.0 Å². The van der Waals surface area contributed by atoms with Gasteiger partial charge in [-0.05, 0) is 36.6 Å². The van der Waals surface area contributed by atoms with Crippen LogP contribution in [-0.2, 0) is 16.1 Å². The third kappa shape index (κ3) is 6.30. The summed E-state index contributed by atoms with van der Waals surface area (Å²) in [6.07, 6.45) is 1.70. The molecule has 172 valence electrons. The molecule has 2 N–H and O–H groups in total. The highest BCUT2D eigenvalue weighted by atomic mass is 32.2. The van der Waals surface area contributed by atoms with Crippen LogP contribution in [0.5, 0.6) is 0 Å². The molecule has 0 radical (unpaired) electrons. The number of hydrogen-bond donors (Lipinski definition) is 2. The molecule has 9 nitrogen and oxygen atoms in total. The second kappa shape index (κ2) is 11.4. The Bertz CT molecular complexity index is 1140. The summed E-state index contributed by atoms with van der Waals surface area (Å²) in [4.78, 5) is 37.1. The number of nitrogens with one attached hydrogen (secondary N) is 2. The molecular weight excluding hydrogens is 462 g/mol. The van der Waals surface area contributed by atoms with Crippen molar-refractivity contribution in [3.05, 3.63) is 70.7 Å². The van der Waals surface area contributed by atoms with Gasteiger partial charge in [-0.2, -0.15) is 0 Å². The average molecular weight is 486 g/mol. The van der Waals surface area contributed by atoms with Crippen molar-refractivity contribution in [2.75, 3.05) is 18.2 Å². The zero-order valence-electron chi connectivity index (χ0n) is 18.1. The Morgan fingerprint density at radius 1 is 1.27 bits per heavy atom. The Morgan fingerprint density at radius 2 is 2.09 bits per heavy atom. The summed E-state index contributed by atoms with van der Waals surface area (Å²) in [5, 5.41) is 16.4. The molecule has 1 aromatic carbocycles. The SMILES string of the molecule is C=CCn1c(SCC(=O)Nc2cccc(C(=O)OC)c2)nnc1[C@@H](C)NC(=O)c1cccs1. The molecule has 0 unspecified atom stereocenters. The van der Waals surface area contributed by atoms with Gasteiger partial charge in [0.15, 0.2) is 11.0 Å².